The number of aromatic nitrogens is 1. The number of nitrogens with zero attached hydrogens (tertiary/aromatic N) is 1. The van der Waals surface area contributed by atoms with Crippen molar-refractivity contribution in [2.24, 2.45) is 5.92 Å². The first-order chi connectivity index (χ1) is 10.1. The summed E-state index contributed by atoms with van der Waals surface area (Å²) in [6.07, 6.45) is 2.79. The third kappa shape index (κ3) is 3.13. The second-order valence-electron chi connectivity index (χ2n) is 5.82. The van der Waals surface area contributed by atoms with E-state index in [4.69, 9.17) is 0 Å². The molecule has 1 saturated carbocycles. The summed E-state index contributed by atoms with van der Waals surface area (Å²) in [6, 6.07) is 14.3. The number of benzene rings is 1. The highest BCUT2D eigenvalue weighted by atomic mass is 16.2. The van der Waals surface area contributed by atoms with Crippen LogP contribution >= 0.6 is 0 Å². The summed E-state index contributed by atoms with van der Waals surface area (Å²) in [5.74, 6) is 0.653. The molecule has 3 heteroatoms. The lowest BCUT2D eigenvalue weighted by Gasteiger charge is -2.14. The lowest BCUT2D eigenvalue weighted by atomic mass is 10.1. The molecular weight excluding hydrogens is 260 g/mol. The number of pyridine rings is 1. The molecule has 0 aliphatic heterocycles. The molecule has 0 bridgehead atoms. The molecule has 1 amide bonds. The fourth-order valence-electron chi connectivity index (χ4n) is 2.69. The summed E-state index contributed by atoms with van der Waals surface area (Å²) in [5, 5.41) is 3.10. The molecule has 1 heterocycles. The minimum atomic E-state index is 0.00243. The van der Waals surface area contributed by atoms with E-state index in [9.17, 15) is 4.79 Å². The van der Waals surface area contributed by atoms with Gasteiger partial charge in [0.2, 0.25) is 5.91 Å². The molecule has 3 rings (SSSR count). The Morgan fingerprint density at radius 1 is 1.24 bits per heavy atom. The second-order valence-corrected chi connectivity index (χ2v) is 5.82. The van der Waals surface area contributed by atoms with Gasteiger partial charge in [0, 0.05) is 17.8 Å². The zero-order valence-electron chi connectivity index (χ0n) is 12.4. The average Bonchev–Trinajstić information content (AvgIpc) is 3.29. The molecule has 3 nitrogen and oxygen atoms in total. The van der Waals surface area contributed by atoms with Crippen molar-refractivity contribution in [3.63, 3.8) is 0 Å². The molecule has 1 aromatic carbocycles. The van der Waals surface area contributed by atoms with Gasteiger partial charge in [-0.2, -0.15) is 0 Å². The van der Waals surface area contributed by atoms with Crippen LogP contribution in [0.3, 0.4) is 0 Å². The molecule has 1 fully saturated rings. The van der Waals surface area contributed by atoms with Crippen LogP contribution in [0.2, 0.25) is 0 Å². The van der Waals surface area contributed by atoms with E-state index in [0.717, 1.165) is 17.7 Å². The van der Waals surface area contributed by atoms with Crippen LogP contribution in [0.4, 0.5) is 0 Å². The van der Waals surface area contributed by atoms with Crippen LogP contribution in [0, 0.1) is 12.8 Å². The maximum absolute atomic E-state index is 12.3. The van der Waals surface area contributed by atoms with Crippen molar-refractivity contribution >= 4 is 5.91 Å². The molecular formula is C18H20N2O. The fraction of sp³-hybridized carbons (Fsp3) is 0.333. The lowest BCUT2D eigenvalue weighted by Crippen LogP contribution is -2.28. The van der Waals surface area contributed by atoms with Crippen LogP contribution in [-0.4, -0.2) is 10.9 Å². The van der Waals surface area contributed by atoms with E-state index in [1.165, 1.54) is 5.56 Å². The molecule has 0 saturated heterocycles. The Morgan fingerprint density at radius 3 is 2.67 bits per heavy atom. The fourth-order valence-corrected chi connectivity index (χ4v) is 2.69. The topological polar surface area (TPSA) is 42.0 Å². The van der Waals surface area contributed by atoms with Crippen LogP contribution < -0.4 is 5.32 Å². The Labute approximate surface area is 125 Å². The average molecular weight is 280 g/mol. The van der Waals surface area contributed by atoms with Crippen molar-refractivity contribution in [2.45, 2.75) is 32.2 Å². The summed E-state index contributed by atoms with van der Waals surface area (Å²) in [7, 11) is 0. The van der Waals surface area contributed by atoms with E-state index >= 15 is 0 Å². The second kappa shape index (κ2) is 5.68. The highest BCUT2D eigenvalue weighted by Gasteiger charge is 2.44. The third-order valence-electron chi connectivity index (χ3n) is 4.15. The lowest BCUT2D eigenvalue weighted by molar-refractivity contribution is -0.123. The van der Waals surface area contributed by atoms with Gasteiger partial charge in [0.05, 0.1) is 6.04 Å². The SMILES string of the molecule is Cc1ccc([C@H](C)NC(=O)[C@H]2C[C@@H]2c2ccccc2)cn1. The van der Waals surface area contributed by atoms with E-state index < -0.39 is 0 Å². The van der Waals surface area contributed by atoms with E-state index in [0.29, 0.717) is 5.92 Å². The van der Waals surface area contributed by atoms with Crippen LogP contribution in [0.25, 0.3) is 0 Å². The predicted molar refractivity (Wildman–Crippen MR) is 82.8 cm³/mol. The minimum Gasteiger partial charge on any atom is -0.349 e. The van der Waals surface area contributed by atoms with Gasteiger partial charge in [0.15, 0.2) is 0 Å². The monoisotopic (exact) mass is 280 g/mol. The van der Waals surface area contributed by atoms with Crippen molar-refractivity contribution in [1.82, 2.24) is 10.3 Å². The van der Waals surface area contributed by atoms with Crippen LogP contribution in [0.5, 0.6) is 0 Å². The van der Waals surface area contributed by atoms with Crippen LogP contribution in [-0.2, 0) is 4.79 Å². The Morgan fingerprint density at radius 2 is 2.00 bits per heavy atom. The maximum atomic E-state index is 12.3. The van der Waals surface area contributed by atoms with Gasteiger partial charge in [-0.1, -0.05) is 36.4 Å². The van der Waals surface area contributed by atoms with Crippen molar-refractivity contribution in [1.29, 1.82) is 0 Å². The Balaban J connectivity index is 1.59. The first-order valence-corrected chi connectivity index (χ1v) is 7.43. The number of hydrogen-bond donors (Lipinski definition) is 1. The number of hydrogen-bond acceptors (Lipinski definition) is 2. The highest BCUT2D eigenvalue weighted by Crippen LogP contribution is 2.47. The van der Waals surface area contributed by atoms with Gasteiger partial charge >= 0.3 is 0 Å². The molecule has 0 radical (unpaired) electrons. The largest absolute Gasteiger partial charge is 0.349 e. The number of carbonyl (C=O) groups excluding carboxylic acids is 1. The van der Waals surface area contributed by atoms with Gasteiger partial charge < -0.3 is 5.32 Å². The minimum absolute atomic E-state index is 0.00243. The van der Waals surface area contributed by atoms with Gasteiger partial charge in [-0.15, -0.1) is 0 Å². The van der Waals surface area contributed by atoms with Gasteiger partial charge in [-0.05, 0) is 43.4 Å². The quantitative estimate of drug-likeness (QED) is 0.933. The molecule has 108 valence electrons. The summed E-state index contributed by atoms with van der Waals surface area (Å²) >= 11 is 0. The smallest absolute Gasteiger partial charge is 0.224 e. The van der Waals surface area contributed by atoms with Gasteiger partial charge in [0.25, 0.3) is 0 Å². The zero-order valence-corrected chi connectivity index (χ0v) is 12.4. The summed E-state index contributed by atoms with van der Waals surface area (Å²) in [4.78, 5) is 16.6. The Bertz CT molecular complexity index is 621. The molecule has 1 aliphatic rings. The van der Waals surface area contributed by atoms with Crippen molar-refractivity contribution in [3.8, 4) is 0 Å². The molecule has 0 spiro atoms. The number of amides is 1. The predicted octanol–water partition coefficient (Wildman–Crippen LogP) is 3.37. The van der Waals surface area contributed by atoms with Gasteiger partial charge in [-0.3, -0.25) is 9.78 Å². The van der Waals surface area contributed by atoms with Crippen LogP contribution in [0.1, 0.15) is 42.1 Å². The normalized spacial score (nSPS) is 21.6. The standard InChI is InChI=1S/C18H20N2O/c1-12-8-9-15(11-19-12)13(2)20-18(21)17-10-16(17)14-6-4-3-5-7-14/h3-9,11,13,16-17H,10H2,1-2H3,(H,20,21)/t13-,16+,17-/m0/s1. The van der Waals surface area contributed by atoms with Crippen molar-refractivity contribution < 1.29 is 4.79 Å². The number of aryl methyl sites for hydroxylation is 1. The van der Waals surface area contributed by atoms with Gasteiger partial charge in [-0.25, -0.2) is 0 Å². The first kappa shape index (κ1) is 13.8. The van der Waals surface area contributed by atoms with E-state index in [1.54, 1.807) is 0 Å². The highest BCUT2D eigenvalue weighted by molar-refractivity contribution is 5.83. The Kier molecular flexibility index (Phi) is 3.74. The number of nitrogens with one attached hydrogen (secondary N) is 1. The summed E-state index contributed by atoms with van der Waals surface area (Å²) in [5.41, 5.74) is 3.30. The van der Waals surface area contributed by atoms with Crippen LogP contribution in [0.15, 0.2) is 48.7 Å². The van der Waals surface area contributed by atoms with E-state index in [1.807, 2.05) is 50.4 Å². The molecule has 1 aliphatic carbocycles. The Hall–Kier alpha value is -2.16. The third-order valence-corrected chi connectivity index (χ3v) is 4.15. The molecule has 1 aromatic heterocycles. The molecule has 3 atom stereocenters. The van der Waals surface area contributed by atoms with E-state index in [-0.39, 0.29) is 17.9 Å². The number of carbonyl (C=O) groups is 1. The summed E-state index contributed by atoms with van der Waals surface area (Å²) < 4.78 is 0. The van der Waals surface area contributed by atoms with E-state index in [2.05, 4.69) is 22.4 Å². The zero-order chi connectivity index (χ0) is 14.8. The number of rotatable bonds is 4. The van der Waals surface area contributed by atoms with Crippen molar-refractivity contribution in [3.05, 3.63) is 65.5 Å². The molecule has 1 N–H and O–H groups in total. The van der Waals surface area contributed by atoms with Crippen molar-refractivity contribution in [2.75, 3.05) is 0 Å². The maximum Gasteiger partial charge on any atom is 0.224 e. The molecule has 0 unspecified atom stereocenters. The first-order valence-electron chi connectivity index (χ1n) is 7.43. The molecule has 21 heavy (non-hydrogen) atoms. The molecule has 2 aromatic rings. The van der Waals surface area contributed by atoms with Gasteiger partial charge in [0.1, 0.15) is 0 Å². The summed E-state index contributed by atoms with van der Waals surface area (Å²) in [6.45, 7) is 3.96.